The number of carbonyl (C=O) groups excluding carboxylic acids is 4. The molecule has 53 heavy (non-hydrogen) atoms. The van der Waals surface area contributed by atoms with Gasteiger partial charge in [-0.15, -0.1) is 0 Å². The molecule has 0 saturated carbocycles. The van der Waals surface area contributed by atoms with Gasteiger partial charge in [-0.25, -0.2) is 0 Å². The number of aliphatic carboxylic acids is 4. The Labute approximate surface area is 340 Å². The van der Waals surface area contributed by atoms with Crippen molar-refractivity contribution in [2.75, 3.05) is 0 Å². The minimum Gasteiger partial charge on any atom is -0.545 e. The molecule has 0 bridgehead atoms. The van der Waals surface area contributed by atoms with Crippen molar-refractivity contribution in [3.05, 3.63) is 47.6 Å². The molecule has 0 aromatic carbocycles. The maximum atomic E-state index is 10.7. The van der Waals surface area contributed by atoms with Crippen LogP contribution in [0.5, 0.6) is 0 Å². The van der Waals surface area contributed by atoms with Crippen molar-refractivity contribution in [1.29, 1.82) is 0 Å². The van der Waals surface area contributed by atoms with E-state index in [9.17, 15) is 39.6 Å². The molecule has 0 aromatic rings. The predicted molar refractivity (Wildman–Crippen MR) is 210 cm³/mol. The van der Waals surface area contributed by atoms with E-state index in [-0.39, 0.29) is 47.9 Å². The van der Waals surface area contributed by atoms with Crippen molar-refractivity contribution in [3.8, 4) is 0 Å². The standard InChI is InChI=1S/2C22H38O4.Sn/c2*1-2-3-4-5-6-7-8-9-10-11-12-13-14-15-16-17-18-20(22(25)26)19-21(23)24;/h2*9-10,19H,2-8,11-18H2,1H3,(H,23,24)(H,25,26);/q;;+4/p-4/b2*10-9-,20-19-;. The Morgan fingerprint density at radius 1 is 0.358 bits per heavy atom. The Morgan fingerprint density at radius 2 is 0.585 bits per heavy atom. The molecule has 0 aliphatic carbocycles. The van der Waals surface area contributed by atoms with Crippen molar-refractivity contribution in [1.82, 2.24) is 0 Å². The van der Waals surface area contributed by atoms with Crippen molar-refractivity contribution in [2.45, 2.75) is 206 Å². The molecule has 0 N–H and O–H groups in total. The van der Waals surface area contributed by atoms with Crippen LogP contribution in [-0.4, -0.2) is 47.8 Å². The summed E-state index contributed by atoms with van der Waals surface area (Å²) in [6.45, 7) is 4.49. The topological polar surface area (TPSA) is 161 Å². The first-order valence-electron chi connectivity index (χ1n) is 20.7. The minimum atomic E-state index is -1.48. The molecule has 0 atom stereocenters. The zero-order valence-corrected chi connectivity index (χ0v) is 36.3. The van der Waals surface area contributed by atoms with Crippen LogP contribution in [0.25, 0.3) is 0 Å². The summed E-state index contributed by atoms with van der Waals surface area (Å²) >= 11 is 0. The molecule has 9 heteroatoms. The summed E-state index contributed by atoms with van der Waals surface area (Å²) in [7, 11) is 0. The molecule has 0 aliphatic heterocycles. The molecule has 0 radical (unpaired) electrons. The molecule has 0 spiro atoms. The van der Waals surface area contributed by atoms with Crippen LogP contribution in [0.4, 0.5) is 0 Å². The number of carbonyl (C=O) groups is 4. The molecule has 0 aromatic heterocycles. The van der Waals surface area contributed by atoms with Gasteiger partial charge in [0, 0.05) is 0 Å². The maximum Gasteiger partial charge on any atom is 4.00 e. The van der Waals surface area contributed by atoms with Gasteiger partial charge in [0.05, 0.1) is 23.9 Å². The van der Waals surface area contributed by atoms with Gasteiger partial charge >= 0.3 is 23.9 Å². The number of hydrogen-bond donors (Lipinski definition) is 0. The number of carboxylic acids is 4. The average Bonchev–Trinajstić information content (AvgIpc) is 3.10. The van der Waals surface area contributed by atoms with E-state index in [0.717, 1.165) is 51.4 Å². The van der Waals surface area contributed by atoms with Gasteiger partial charge in [-0.05, 0) is 100 Å². The number of allylic oxidation sites excluding steroid dienone is 4. The van der Waals surface area contributed by atoms with Crippen LogP contribution >= 0.6 is 0 Å². The van der Waals surface area contributed by atoms with Gasteiger partial charge in [-0.3, -0.25) is 0 Å². The zero-order chi connectivity index (χ0) is 38.9. The zero-order valence-electron chi connectivity index (χ0n) is 33.4. The molecular weight excluding hydrogens is 775 g/mol. The molecule has 0 heterocycles. The van der Waals surface area contributed by atoms with Crippen LogP contribution in [0.1, 0.15) is 206 Å². The molecule has 300 valence electrons. The first kappa shape index (κ1) is 55.0. The molecule has 0 rings (SSSR count). The first-order valence-corrected chi connectivity index (χ1v) is 20.7. The van der Waals surface area contributed by atoms with Gasteiger partial charge in [0.1, 0.15) is 0 Å². The van der Waals surface area contributed by atoms with E-state index in [0.29, 0.717) is 25.0 Å². The molecule has 8 nitrogen and oxygen atoms in total. The van der Waals surface area contributed by atoms with Crippen LogP contribution in [0.15, 0.2) is 47.6 Å². The van der Waals surface area contributed by atoms with E-state index in [4.69, 9.17) is 0 Å². The van der Waals surface area contributed by atoms with E-state index in [1.165, 1.54) is 116 Å². The summed E-state index contributed by atoms with van der Waals surface area (Å²) in [5.74, 6) is -5.79. The average molecular weight is 848 g/mol. The van der Waals surface area contributed by atoms with E-state index < -0.39 is 23.9 Å². The summed E-state index contributed by atoms with van der Waals surface area (Å²) in [5, 5.41) is 42.3. The molecular formula is C44H72O8Sn. The van der Waals surface area contributed by atoms with Crippen LogP contribution in [0.2, 0.25) is 0 Å². The third-order valence-corrected chi connectivity index (χ3v) is 9.02. The van der Waals surface area contributed by atoms with Gasteiger partial charge in [0.15, 0.2) is 0 Å². The number of hydrogen-bond acceptors (Lipinski definition) is 8. The largest absolute Gasteiger partial charge is 4.00 e. The molecule has 0 fully saturated rings. The first-order chi connectivity index (χ1) is 25.1. The van der Waals surface area contributed by atoms with Crippen molar-refractivity contribution >= 4 is 47.8 Å². The monoisotopic (exact) mass is 848 g/mol. The fourth-order valence-corrected chi connectivity index (χ4v) is 5.88. The Kier molecular flexibility index (Phi) is 45.7. The number of rotatable bonds is 36. The summed E-state index contributed by atoms with van der Waals surface area (Å²) in [6.07, 6.45) is 44.1. The van der Waals surface area contributed by atoms with E-state index in [2.05, 4.69) is 38.2 Å². The molecule has 0 unspecified atom stereocenters. The Bertz CT molecular complexity index is 935. The third-order valence-electron chi connectivity index (χ3n) is 9.02. The second-order valence-electron chi connectivity index (χ2n) is 13.9. The van der Waals surface area contributed by atoms with Crippen LogP contribution < -0.4 is 20.4 Å². The van der Waals surface area contributed by atoms with Gasteiger partial charge in [0.2, 0.25) is 0 Å². The van der Waals surface area contributed by atoms with Crippen LogP contribution in [-0.2, 0) is 19.2 Å². The van der Waals surface area contributed by atoms with E-state index in [1.54, 1.807) is 0 Å². The van der Waals surface area contributed by atoms with Crippen molar-refractivity contribution in [3.63, 3.8) is 0 Å². The second-order valence-corrected chi connectivity index (χ2v) is 13.9. The summed E-state index contributed by atoms with van der Waals surface area (Å²) in [4.78, 5) is 42.3. The molecule has 0 aliphatic rings. The summed E-state index contributed by atoms with van der Waals surface area (Å²) in [6, 6.07) is 0. The fourth-order valence-electron chi connectivity index (χ4n) is 5.88. The maximum absolute atomic E-state index is 10.7. The Balaban J connectivity index is -0.000000926. The Hall–Kier alpha value is -2.36. The third kappa shape index (κ3) is 45.7. The number of carboxylic acid groups (broad SMARTS) is 4. The van der Waals surface area contributed by atoms with Gasteiger partial charge in [-0.1, -0.05) is 154 Å². The fraction of sp³-hybridized carbons (Fsp3) is 0.727. The Morgan fingerprint density at radius 3 is 0.811 bits per heavy atom. The summed E-state index contributed by atoms with van der Waals surface area (Å²) < 4.78 is 0. The van der Waals surface area contributed by atoms with Crippen LogP contribution in [0.3, 0.4) is 0 Å². The summed E-state index contributed by atoms with van der Waals surface area (Å²) in [5.41, 5.74) is -0.360. The SMILES string of the molecule is CCCCCCCC/C=C\CCCCCCCC/C(=C/C(=O)[O-])C(=O)[O-].CCCCCCCC/C=C\CCCCCCCC/C(=C/C(=O)[O-])C(=O)[O-].[Sn+4]. The predicted octanol–water partition coefficient (Wildman–Crippen LogP) is 7.30. The van der Waals surface area contributed by atoms with E-state index in [1.807, 2.05) is 0 Å². The molecule has 0 saturated heterocycles. The van der Waals surface area contributed by atoms with Crippen molar-refractivity contribution in [2.24, 2.45) is 0 Å². The van der Waals surface area contributed by atoms with Crippen LogP contribution in [0, 0.1) is 0 Å². The minimum absolute atomic E-state index is 0. The van der Waals surface area contributed by atoms with E-state index >= 15 is 0 Å². The molecule has 0 amide bonds. The van der Waals surface area contributed by atoms with Gasteiger partial charge in [0.25, 0.3) is 0 Å². The number of unbranched alkanes of at least 4 members (excludes halogenated alkanes) is 24. The quantitative estimate of drug-likeness (QED) is 0.0275. The second kappa shape index (κ2) is 44.0. The normalized spacial score (nSPS) is 11.7. The smallest absolute Gasteiger partial charge is 0.545 e. The van der Waals surface area contributed by atoms with Crippen molar-refractivity contribution < 1.29 is 39.6 Å². The van der Waals surface area contributed by atoms with Gasteiger partial charge in [-0.2, -0.15) is 0 Å². The van der Waals surface area contributed by atoms with Gasteiger partial charge < -0.3 is 39.6 Å².